The minimum Gasteiger partial charge on any atom is -0.354 e. The molecule has 2 aliphatic heterocycles. The topological polar surface area (TPSA) is 98.9 Å². The molecule has 0 N–H and O–H groups in total. The number of aromatic nitrogens is 3. The summed E-state index contributed by atoms with van der Waals surface area (Å²) in [5, 5.41) is 4.27. The Morgan fingerprint density at radius 2 is 1.80 bits per heavy atom. The first-order chi connectivity index (χ1) is 16.8. The molecule has 0 radical (unpaired) electrons. The maximum Gasteiger partial charge on any atom is 0.273 e. The zero-order valence-electron chi connectivity index (χ0n) is 20.4. The van der Waals surface area contributed by atoms with Crippen LogP contribution in [-0.4, -0.2) is 76.0 Å². The highest BCUT2D eigenvalue weighted by Crippen LogP contribution is 2.35. The number of benzene rings is 1. The summed E-state index contributed by atoms with van der Waals surface area (Å²) in [6, 6.07) is 11.7. The smallest absolute Gasteiger partial charge is 0.273 e. The molecule has 10 nitrogen and oxygen atoms in total. The molecule has 0 atom stereocenters. The standard InChI is InChI=1S/C25H29N7O3/c1-16(2)32-15-19-22(24(32)34)26-25(31-12-10-30(11-13-31)17(3)33)27-23(19)29(4)21-14-20(35-28-21)18-8-6-5-7-9-18/h5-9,14,16H,10-13,15H2,1-4H3. The molecule has 0 aliphatic carbocycles. The monoisotopic (exact) mass is 475 g/mol. The lowest BCUT2D eigenvalue weighted by Crippen LogP contribution is -2.48. The molecule has 0 bridgehead atoms. The minimum atomic E-state index is -0.0965. The Kier molecular flexibility index (Phi) is 5.88. The highest BCUT2D eigenvalue weighted by Gasteiger charge is 2.36. The van der Waals surface area contributed by atoms with Crippen LogP contribution in [0.25, 0.3) is 11.3 Å². The van der Waals surface area contributed by atoms with E-state index in [1.54, 1.807) is 11.8 Å². The molecule has 0 unspecified atom stereocenters. The van der Waals surface area contributed by atoms with Gasteiger partial charge in [0.2, 0.25) is 11.9 Å². The van der Waals surface area contributed by atoms with E-state index in [2.05, 4.69) is 5.16 Å². The number of carbonyl (C=O) groups excluding carboxylic acids is 2. The first-order valence-electron chi connectivity index (χ1n) is 11.8. The van der Waals surface area contributed by atoms with Crippen molar-refractivity contribution in [2.24, 2.45) is 0 Å². The van der Waals surface area contributed by atoms with E-state index in [0.717, 1.165) is 11.1 Å². The van der Waals surface area contributed by atoms with E-state index in [9.17, 15) is 9.59 Å². The highest BCUT2D eigenvalue weighted by molar-refractivity contribution is 5.98. The molecular formula is C25H29N7O3. The fourth-order valence-electron chi connectivity index (χ4n) is 4.49. The summed E-state index contributed by atoms with van der Waals surface area (Å²) in [4.78, 5) is 42.1. The summed E-state index contributed by atoms with van der Waals surface area (Å²) in [6.45, 7) is 8.39. The van der Waals surface area contributed by atoms with Crippen LogP contribution in [0, 0.1) is 0 Å². The second kappa shape index (κ2) is 9.01. The van der Waals surface area contributed by atoms with Gasteiger partial charge in [0.15, 0.2) is 11.6 Å². The van der Waals surface area contributed by atoms with E-state index in [1.807, 2.05) is 72.0 Å². The summed E-state index contributed by atoms with van der Waals surface area (Å²) < 4.78 is 5.61. The van der Waals surface area contributed by atoms with Crippen LogP contribution in [0.15, 0.2) is 40.9 Å². The van der Waals surface area contributed by atoms with Crippen LogP contribution in [0.2, 0.25) is 0 Å². The molecule has 182 valence electrons. The first-order valence-corrected chi connectivity index (χ1v) is 11.8. The summed E-state index contributed by atoms with van der Waals surface area (Å²) in [5.74, 6) is 2.32. The van der Waals surface area contributed by atoms with Gasteiger partial charge in [-0.2, -0.15) is 4.98 Å². The van der Waals surface area contributed by atoms with Gasteiger partial charge in [-0.3, -0.25) is 9.59 Å². The Labute approximate surface area is 204 Å². The number of nitrogens with zero attached hydrogens (tertiary/aromatic N) is 7. The lowest BCUT2D eigenvalue weighted by atomic mass is 10.2. The van der Waals surface area contributed by atoms with E-state index < -0.39 is 0 Å². The average Bonchev–Trinajstić information content (AvgIpc) is 3.49. The van der Waals surface area contributed by atoms with E-state index in [0.29, 0.717) is 61.8 Å². The van der Waals surface area contributed by atoms with Crippen molar-refractivity contribution in [3.8, 4) is 11.3 Å². The van der Waals surface area contributed by atoms with Crippen molar-refractivity contribution in [1.82, 2.24) is 24.9 Å². The maximum atomic E-state index is 13.2. The largest absolute Gasteiger partial charge is 0.354 e. The average molecular weight is 476 g/mol. The normalized spacial score (nSPS) is 15.7. The molecule has 2 aromatic heterocycles. The van der Waals surface area contributed by atoms with Crippen molar-refractivity contribution < 1.29 is 14.1 Å². The van der Waals surface area contributed by atoms with Crippen molar-refractivity contribution in [2.45, 2.75) is 33.4 Å². The third-order valence-electron chi connectivity index (χ3n) is 6.61. The van der Waals surface area contributed by atoms with Crippen molar-refractivity contribution in [1.29, 1.82) is 0 Å². The van der Waals surface area contributed by atoms with Gasteiger partial charge >= 0.3 is 0 Å². The van der Waals surface area contributed by atoms with Gasteiger partial charge in [0.1, 0.15) is 11.5 Å². The van der Waals surface area contributed by atoms with E-state index in [1.165, 1.54) is 0 Å². The molecule has 4 heterocycles. The molecular weight excluding hydrogens is 446 g/mol. The molecule has 3 aromatic rings. The number of piperazine rings is 1. The summed E-state index contributed by atoms with van der Waals surface area (Å²) in [7, 11) is 1.87. The van der Waals surface area contributed by atoms with Crippen LogP contribution in [0.1, 0.15) is 36.8 Å². The number of anilines is 3. The van der Waals surface area contributed by atoms with Crippen LogP contribution in [0.3, 0.4) is 0 Å². The van der Waals surface area contributed by atoms with Gasteiger partial charge in [-0.1, -0.05) is 35.5 Å². The lowest BCUT2D eigenvalue weighted by molar-refractivity contribution is -0.129. The van der Waals surface area contributed by atoms with E-state index in [4.69, 9.17) is 14.5 Å². The zero-order valence-corrected chi connectivity index (χ0v) is 20.4. The molecule has 10 heteroatoms. The third-order valence-corrected chi connectivity index (χ3v) is 6.61. The van der Waals surface area contributed by atoms with Gasteiger partial charge in [0, 0.05) is 63.4 Å². The van der Waals surface area contributed by atoms with Crippen LogP contribution >= 0.6 is 0 Å². The van der Waals surface area contributed by atoms with Crippen LogP contribution in [-0.2, 0) is 11.3 Å². The van der Waals surface area contributed by atoms with Crippen LogP contribution in [0.5, 0.6) is 0 Å². The molecule has 1 fully saturated rings. The first kappa shape index (κ1) is 22.8. The van der Waals surface area contributed by atoms with Gasteiger partial charge in [-0.05, 0) is 13.8 Å². The number of rotatable bonds is 5. The number of hydrogen-bond acceptors (Lipinski definition) is 8. The van der Waals surface area contributed by atoms with Crippen molar-refractivity contribution in [3.05, 3.63) is 47.7 Å². The zero-order chi connectivity index (χ0) is 24.7. The Balaban J connectivity index is 1.51. The number of fused-ring (bicyclic) bond motifs is 1. The predicted molar refractivity (Wildman–Crippen MR) is 132 cm³/mol. The Bertz CT molecular complexity index is 1250. The molecule has 35 heavy (non-hydrogen) atoms. The third kappa shape index (κ3) is 4.20. The Morgan fingerprint density at radius 3 is 2.46 bits per heavy atom. The van der Waals surface area contributed by atoms with Gasteiger partial charge in [0.05, 0.1) is 6.54 Å². The fourth-order valence-corrected chi connectivity index (χ4v) is 4.49. The van der Waals surface area contributed by atoms with E-state index >= 15 is 0 Å². The number of carbonyl (C=O) groups is 2. The molecule has 1 aromatic carbocycles. The Hall–Kier alpha value is -3.95. The number of amides is 2. The molecule has 5 rings (SSSR count). The SMILES string of the molecule is CC(=O)N1CCN(c2nc3c(c(N(C)c4cc(-c5ccccc5)on4)n2)CN(C(C)C)C3=O)CC1. The quantitative estimate of drug-likeness (QED) is 0.556. The van der Waals surface area contributed by atoms with Crippen LogP contribution in [0.4, 0.5) is 17.6 Å². The van der Waals surface area contributed by atoms with Crippen molar-refractivity contribution in [2.75, 3.05) is 43.0 Å². The van der Waals surface area contributed by atoms with E-state index in [-0.39, 0.29) is 17.9 Å². The van der Waals surface area contributed by atoms with Gasteiger partial charge < -0.3 is 24.1 Å². The second-order valence-corrected chi connectivity index (χ2v) is 9.17. The summed E-state index contributed by atoms with van der Waals surface area (Å²) >= 11 is 0. The van der Waals surface area contributed by atoms with Crippen LogP contribution < -0.4 is 9.80 Å². The summed E-state index contributed by atoms with van der Waals surface area (Å²) in [6.07, 6.45) is 0. The molecule has 0 spiro atoms. The van der Waals surface area contributed by atoms with Gasteiger partial charge in [-0.15, -0.1) is 0 Å². The molecule has 2 amide bonds. The Morgan fingerprint density at radius 1 is 1.09 bits per heavy atom. The number of hydrogen-bond donors (Lipinski definition) is 0. The molecule has 0 saturated carbocycles. The van der Waals surface area contributed by atoms with Gasteiger partial charge in [0.25, 0.3) is 5.91 Å². The fraction of sp³-hybridized carbons (Fsp3) is 0.400. The minimum absolute atomic E-state index is 0.0363. The highest BCUT2D eigenvalue weighted by atomic mass is 16.5. The predicted octanol–water partition coefficient (Wildman–Crippen LogP) is 2.93. The summed E-state index contributed by atoms with van der Waals surface area (Å²) in [5.41, 5.74) is 2.13. The second-order valence-electron chi connectivity index (χ2n) is 9.17. The molecule has 2 aliphatic rings. The van der Waals surface area contributed by atoms with Gasteiger partial charge in [-0.25, -0.2) is 4.98 Å². The maximum absolute atomic E-state index is 13.2. The van der Waals surface area contributed by atoms with Crippen molar-refractivity contribution >= 4 is 29.4 Å². The molecule has 1 saturated heterocycles. The van der Waals surface area contributed by atoms with Crippen molar-refractivity contribution in [3.63, 3.8) is 0 Å². The lowest BCUT2D eigenvalue weighted by Gasteiger charge is -2.34.